The number of amidine groups is 1. The minimum Gasteiger partial charge on any atom is -0.456 e. The van der Waals surface area contributed by atoms with Gasteiger partial charge >= 0.3 is 0 Å². The second-order valence-electron chi connectivity index (χ2n) is 14.8. The first-order valence-corrected chi connectivity index (χ1v) is 18.8. The van der Waals surface area contributed by atoms with E-state index in [4.69, 9.17) is 14.4 Å². The highest BCUT2D eigenvalue weighted by atomic mass is 16.3. The summed E-state index contributed by atoms with van der Waals surface area (Å²) in [4.78, 5) is 10.4. The number of benzene rings is 7. The van der Waals surface area contributed by atoms with Crippen LogP contribution >= 0.6 is 0 Å². The third kappa shape index (κ3) is 5.35. The van der Waals surface area contributed by atoms with E-state index >= 15 is 0 Å². The molecule has 1 aliphatic heterocycles. The smallest absolute Gasteiger partial charge is 0.160 e. The van der Waals surface area contributed by atoms with Crippen molar-refractivity contribution < 1.29 is 4.42 Å². The summed E-state index contributed by atoms with van der Waals surface area (Å²) in [5.74, 6) is 0.722. The summed E-state index contributed by atoms with van der Waals surface area (Å²) >= 11 is 0. The maximum Gasteiger partial charge on any atom is 0.160 e. The molecular weight excluding hydrogens is 657 g/mol. The van der Waals surface area contributed by atoms with E-state index in [1.54, 1.807) is 0 Å². The summed E-state index contributed by atoms with van der Waals surface area (Å²) < 4.78 is 6.53. The number of furan rings is 1. The zero-order chi connectivity index (χ0) is 36.2. The molecule has 2 aliphatic rings. The van der Waals surface area contributed by atoms with E-state index in [-0.39, 0.29) is 5.41 Å². The molecule has 54 heavy (non-hydrogen) atoms. The lowest BCUT2D eigenvalue weighted by Gasteiger charge is -2.21. The van der Waals surface area contributed by atoms with Crippen LogP contribution in [0.1, 0.15) is 54.5 Å². The van der Waals surface area contributed by atoms with Crippen LogP contribution in [-0.4, -0.2) is 11.5 Å². The van der Waals surface area contributed by atoms with Crippen molar-refractivity contribution in [1.29, 1.82) is 0 Å². The zero-order valence-electron chi connectivity index (χ0n) is 30.4. The van der Waals surface area contributed by atoms with Gasteiger partial charge in [-0.05, 0) is 87.2 Å². The van der Waals surface area contributed by atoms with Gasteiger partial charge in [0, 0.05) is 27.3 Å². The largest absolute Gasteiger partial charge is 0.456 e. The Morgan fingerprint density at radius 1 is 0.500 bits per heavy atom. The number of aliphatic imine (C=N–C) groups is 2. The maximum absolute atomic E-state index is 6.53. The Labute approximate surface area is 315 Å². The minimum atomic E-state index is -0.0546. The molecule has 10 rings (SSSR count). The van der Waals surface area contributed by atoms with Crippen LogP contribution < -0.4 is 0 Å². The van der Waals surface area contributed by atoms with Crippen LogP contribution in [0.25, 0.3) is 61.0 Å². The number of hydrogen-bond donors (Lipinski definition) is 0. The quantitative estimate of drug-likeness (QED) is 0.177. The fourth-order valence-corrected chi connectivity index (χ4v) is 8.53. The number of rotatable bonds is 5. The van der Waals surface area contributed by atoms with E-state index in [2.05, 4.69) is 159 Å². The first-order chi connectivity index (χ1) is 26.5. The fraction of sp³-hybridized carbons (Fsp3) is 0.0980. The van der Waals surface area contributed by atoms with Crippen molar-refractivity contribution >= 4 is 39.2 Å². The summed E-state index contributed by atoms with van der Waals surface area (Å²) in [5.41, 5.74) is 17.0. The molecule has 0 N–H and O–H groups in total. The van der Waals surface area contributed by atoms with Crippen molar-refractivity contribution in [1.82, 2.24) is 0 Å². The predicted octanol–water partition coefficient (Wildman–Crippen LogP) is 13.3. The Morgan fingerprint density at radius 3 is 2.00 bits per heavy atom. The molecule has 0 fully saturated rings. The molecule has 3 nitrogen and oxygen atoms in total. The van der Waals surface area contributed by atoms with E-state index in [1.807, 2.05) is 24.3 Å². The molecule has 0 spiro atoms. The second-order valence-corrected chi connectivity index (χ2v) is 14.8. The van der Waals surface area contributed by atoms with Crippen LogP contribution in [0.2, 0.25) is 0 Å². The van der Waals surface area contributed by atoms with Crippen LogP contribution in [-0.2, 0) is 5.41 Å². The lowest BCUT2D eigenvalue weighted by Crippen LogP contribution is -2.14. The maximum atomic E-state index is 6.53. The molecule has 0 bridgehead atoms. The summed E-state index contributed by atoms with van der Waals surface area (Å²) in [6.07, 6.45) is 3.93. The molecule has 7 aromatic carbocycles. The molecule has 2 heterocycles. The summed E-state index contributed by atoms with van der Waals surface area (Å²) in [5, 5.41) is 2.24. The van der Waals surface area contributed by atoms with Gasteiger partial charge in [0.25, 0.3) is 0 Å². The van der Waals surface area contributed by atoms with Gasteiger partial charge in [-0.3, -0.25) is 0 Å². The fourth-order valence-electron chi connectivity index (χ4n) is 8.53. The first-order valence-electron chi connectivity index (χ1n) is 18.8. The van der Waals surface area contributed by atoms with Crippen molar-refractivity contribution in [3.63, 3.8) is 0 Å². The van der Waals surface area contributed by atoms with E-state index in [0.29, 0.717) is 0 Å². The van der Waals surface area contributed by atoms with E-state index in [9.17, 15) is 0 Å². The molecule has 258 valence electrons. The van der Waals surface area contributed by atoms with Crippen molar-refractivity contribution in [3.8, 4) is 33.4 Å². The third-order valence-electron chi connectivity index (χ3n) is 11.2. The van der Waals surface area contributed by atoms with E-state index < -0.39 is 0 Å². The molecule has 0 amide bonds. The van der Waals surface area contributed by atoms with Gasteiger partial charge in [-0.15, -0.1) is 0 Å². The molecule has 0 atom stereocenters. The normalized spacial score (nSPS) is 17.7. The van der Waals surface area contributed by atoms with Gasteiger partial charge in [-0.25, -0.2) is 9.98 Å². The number of nitrogens with zero attached hydrogens (tertiary/aromatic N) is 2. The van der Waals surface area contributed by atoms with Crippen LogP contribution in [0.5, 0.6) is 0 Å². The highest BCUT2D eigenvalue weighted by Gasteiger charge is 2.36. The van der Waals surface area contributed by atoms with Crippen LogP contribution in [0.4, 0.5) is 0 Å². The molecular formula is C51H38N2O. The predicted molar refractivity (Wildman–Crippen MR) is 225 cm³/mol. The first kappa shape index (κ1) is 32.1. The van der Waals surface area contributed by atoms with Crippen molar-refractivity contribution in [2.24, 2.45) is 9.98 Å². The number of allylic oxidation sites excluding steroid dienone is 1. The standard InChI is InChI=1S/C51H38N2O/c1-51(2)42-24-10-9-21-40(42)48-38(22-12-25-43(48)51)36-29-30-46-41(32-36)49-39(23-13-28-47(49)54-46)35-19-11-20-37(31-35)45-27-14-26-44(33-15-5-3-6-16-33)52-50(53-45)34-17-7-4-8-18-34/h3-13,15-25,27-32H,14,26H2,1-2H3/b45-27-,52-44-,53-50-. The lowest BCUT2D eigenvalue weighted by atomic mass is 9.82. The van der Waals surface area contributed by atoms with Crippen molar-refractivity contribution in [2.75, 3.05) is 0 Å². The average molecular weight is 695 g/mol. The van der Waals surface area contributed by atoms with Gasteiger partial charge < -0.3 is 4.42 Å². The number of fused-ring (bicyclic) bond motifs is 6. The van der Waals surface area contributed by atoms with Gasteiger partial charge in [0.1, 0.15) is 11.2 Å². The van der Waals surface area contributed by atoms with E-state index in [1.165, 1.54) is 33.4 Å². The van der Waals surface area contributed by atoms with Crippen LogP contribution in [0, 0.1) is 0 Å². The Hall–Kier alpha value is -6.58. The number of hydrogen-bond acceptors (Lipinski definition) is 3. The Kier molecular flexibility index (Phi) is 7.62. The summed E-state index contributed by atoms with van der Waals surface area (Å²) in [6, 6.07) is 58.2. The molecule has 0 saturated heterocycles. The van der Waals surface area contributed by atoms with Gasteiger partial charge in [0.2, 0.25) is 0 Å². The van der Waals surface area contributed by atoms with Gasteiger partial charge in [0.05, 0.1) is 11.4 Å². The SMILES string of the molecule is CC1(C)c2ccccc2-c2c(-c3ccc4oc5cccc(-c6cccc(C7=C/CC/C(c8ccccc8)=N/C(c8ccccc8)=N\7)c6)c5c4c3)cccc21. The molecule has 1 aromatic heterocycles. The Balaban J connectivity index is 1.09. The molecule has 0 saturated carbocycles. The highest BCUT2D eigenvalue weighted by Crippen LogP contribution is 2.52. The Morgan fingerprint density at radius 2 is 1.15 bits per heavy atom. The second kappa shape index (κ2) is 12.8. The summed E-state index contributed by atoms with van der Waals surface area (Å²) in [6.45, 7) is 4.68. The average Bonchev–Trinajstić information content (AvgIpc) is 3.70. The summed E-state index contributed by atoms with van der Waals surface area (Å²) in [7, 11) is 0. The highest BCUT2D eigenvalue weighted by molar-refractivity contribution is 6.15. The van der Waals surface area contributed by atoms with Crippen LogP contribution in [0.15, 0.2) is 184 Å². The van der Waals surface area contributed by atoms with Gasteiger partial charge in [-0.1, -0.05) is 159 Å². The van der Waals surface area contributed by atoms with Crippen LogP contribution in [0.3, 0.4) is 0 Å². The topological polar surface area (TPSA) is 37.9 Å². The third-order valence-corrected chi connectivity index (χ3v) is 11.2. The molecule has 3 heteroatoms. The zero-order valence-corrected chi connectivity index (χ0v) is 30.4. The molecule has 0 unspecified atom stereocenters. The monoisotopic (exact) mass is 694 g/mol. The van der Waals surface area contributed by atoms with Gasteiger partial charge in [0.15, 0.2) is 5.84 Å². The molecule has 1 aliphatic carbocycles. The van der Waals surface area contributed by atoms with Gasteiger partial charge in [-0.2, -0.15) is 0 Å². The molecule has 8 aromatic rings. The Bertz CT molecular complexity index is 2840. The molecule has 0 radical (unpaired) electrons. The van der Waals surface area contributed by atoms with Crippen molar-refractivity contribution in [2.45, 2.75) is 32.1 Å². The lowest BCUT2D eigenvalue weighted by molar-refractivity contribution is 0.660. The minimum absolute atomic E-state index is 0.0546. The van der Waals surface area contributed by atoms with Crippen molar-refractivity contribution in [3.05, 3.63) is 198 Å². The van der Waals surface area contributed by atoms with E-state index in [0.717, 1.165) is 79.8 Å².